The summed E-state index contributed by atoms with van der Waals surface area (Å²) in [5, 5.41) is 12.3. The van der Waals surface area contributed by atoms with Gasteiger partial charge in [0.15, 0.2) is 0 Å². The van der Waals surface area contributed by atoms with Crippen LogP contribution in [0.25, 0.3) is 0 Å². The first-order valence-electron chi connectivity index (χ1n) is 6.26. The molecular formula is C12H20F3N3. The SMILES string of the molecule is CCCN(CC(F)(F)F)CC(C)(C#N)NC1CC1. The zero-order valence-electron chi connectivity index (χ0n) is 10.8. The molecule has 0 amide bonds. The van der Waals surface area contributed by atoms with Gasteiger partial charge in [0.25, 0.3) is 0 Å². The van der Waals surface area contributed by atoms with Crippen LogP contribution in [0.1, 0.15) is 33.1 Å². The van der Waals surface area contributed by atoms with E-state index in [-0.39, 0.29) is 6.54 Å². The lowest BCUT2D eigenvalue weighted by Gasteiger charge is -2.31. The smallest absolute Gasteiger partial charge is 0.296 e. The number of rotatable bonds is 7. The molecule has 1 saturated carbocycles. The maximum absolute atomic E-state index is 12.4. The highest BCUT2D eigenvalue weighted by molar-refractivity contribution is 5.09. The van der Waals surface area contributed by atoms with Crippen LogP contribution in [0.3, 0.4) is 0 Å². The average Bonchev–Trinajstić information content (AvgIpc) is 2.99. The molecule has 1 unspecified atom stereocenters. The molecule has 0 aromatic heterocycles. The Hall–Kier alpha value is -0.800. The highest BCUT2D eigenvalue weighted by atomic mass is 19.4. The predicted octanol–water partition coefficient (Wildman–Crippen LogP) is 2.29. The topological polar surface area (TPSA) is 39.1 Å². The maximum Gasteiger partial charge on any atom is 0.401 e. The van der Waals surface area contributed by atoms with E-state index >= 15 is 0 Å². The van der Waals surface area contributed by atoms with Crippen LogP contribution >= 0.6 is 0 Å². The van der Waals surface area contributed by atoms with Crippen LogP contribution in [0.5, 0.6) is 0 Å². The van der Waals surface area contributed by atoms with E-state index in [4.69, 9.17) is 5.26 Å². The molecule has 1 N–H and O–H groups in total. The Bertz CT molecular complexity index is 307. The van der Waals surface area contributed by atoms with Crippen molar-refractivity contribution >= 4 is 0 Å². The third-order valence-electron chi connectivity index (χ3n) is 2.83. The third-order valence-corrected chi connectivity index (χ3v) is 2.83. The van der Waals surface area contributed by atoms with Gasteiger partial charge in [0, 0.05) is 12.6 Å². The van der Waals surface area contributed by atoms with E-state index in [0.717, 1.165) is 12.8 Å². The van der Waals surface area contributed by atoms with Crippen molar-refractivity contribution in [1.82, 2.24) is 10.2 Å². The number of nitriles is 1. The molecule has 1 aliphatic carbocycles. The van der Waals surface area contributed by atoms with Crippen molar-refractivity contribution < 1.29 is 13.2 Å². The summed E-state index contributed by atoms with van der Waals surface area (Å²) in [7, 11) is 0. The summed E-state index contributed by atoms with van der Waals surface area (Å²) >= 11 is 0. The van der Waals surface area contributed by atoms with E-state index in [9.17, 15) is 13.2 Å². The van der Waals surface area contributed by atoms with Crippen LogP contribution in [-0.2, 0) is 0 Å². The van der Waals surface area contributed by atoms with E-state index in [1.807, 2.05) is 6.92 Å². The van der Waals surface area contributed by atoms with Crippen molar-refractivity contribution in [3.05, 3.63) is 0 Å². The maximum atomic E-state index is 12.4. The minimum atomic E-state index is -4.22. The fraction of sp³-hybridized carbons (Fsp3) is 0.917. The fourth-order valence-corrected chi connectivity index (χ4v) is 2.02. The Labute approximate surface area is 106 Å². The Morgan fingerprint density at radius 3 is 2.33 bits per heavy atom. The predicted molar refractivity (Wildman–Crippen MR) is 63.0 cm³/mol. The van der Waals surface area contributed by atoms with Crippen LogP contribution in [0.4, 0.5) is 13.2 Å². The summed E-state index contributed by atoms with van der Waals surface area (Å²) < 4.78 is 37.3. The molecule has 0 radical (unpaired) electrons. The molecule has 0 aliphatic heterocycles. The minimum Gasteiger partial charge on any atom is -0.296 e. The lowest BCUT2D eigenvalue weighted by molar-refractivity contribution is -0.147. The second kappa shape index (κ2) is 5.89. The Morgan fingerprint density at radius 2 is 1.94 bits per heavy atom. The van der Waals surface area contributed by atoms with Crippen molar-refractivity contribution in [1.29, 1.82) is 5.26 Å². The van der Waals surface area contributed by atoms with Crippen LogP contribution in [0.15, 0.2) is 0 Å². The molecule has 0 spiro atoms. The average molecular weight is 263 g/mol. The number of nitrogens with zero attached hydrogens (tertiary/aromatic N) is 2. The van der Waals surface area contributed by atoms with Crippen LogP contribution in [-0.4, -0.2) is 42.3 Å². The molecule has 0 bridgehead atoms. The molecule has 6 heteroatoms. The lowest BCUT2D eigenvalue weighted by atomic mass is 10.0. The number of hydrogen-bond donors (Lipinski definition) is 1. The number of nitrogens with one attached hydrogen (secondary N) is 1. The molecule has 1 fully saturated rings. The van der Waals surface area contributed by atoms with Gasteiger partial charge in [0.1, 0.15) is 5.54 Å². The summed E-state index contributed by atoms with van der Waals surface area (Å²) in [5.74, 6) is 0. The summed E-state index contributed by atoms with van der Waals surface area (Å²) in [5.41, 5.74) is -0.901. The summed E-state index contributed by atoms with van der Waals surface area (Å²) in [6.45, 7) is 3.01. The monoisotopic (exact) mass is 263 g/mol. The Kier molecular flexibility index (Phi) is 5.00. The van der Waals surface area contributed by atoms with Gasteiger partial charge in [-0.05, 0) is 32.7 Å². The van der Waals surface area contributed by atoms with Gasteiger partial charge in [-0.15, -0.1) is 0 Å². The fourth-order valence-electron chi connectivity index (χ4n) is 2.02. The zero-order valence-corrected chi connectivity index (χ0v) is 10.8. The van der Waals surface area contributed by atoms with Gasteiger partial charge in [-0.1, -0.05) is 6.92 Å². The van der Waals surface area contributed by atoms with Gasteiger partial charge >= 0.3 is 6.18 Å². The molecule has 0 saturated heterocycles. The highest BCUT2D eigenvalue weighted by Crippen LogP contribution is 2.24. The quantitative estimate of drug-likeness (QED) is 0.766. The van der Waals surface area contributed by atoms with Gasteiger partial charge in [-0.3, -0.25) is 10.2 Å². The number of hydrogen-bond acceptors (Lipinski definition) is 3. The van der Waals surface area contributed by atoms with E-state index in [2.05, 4.69) is 11.4 Å². The molecule has 1 atom stereocenters. The first-order valence-corrected chi connectivity index (χ1v) is 6.26. The Balaban J connectivity index is 2.58. The van der Waals surface area contributed by atoms with Gasteiger partial charge < -0.3 is 0 Å². The molecule has 18 heavy (non-hydrogen) atoms. The van der Waals surface area contributed by atoms with Gasteiger partial charge in [0.2, 0.25) is 0 Å². The molecule has 3 nitrogen and oxygen atoms in total. The van der Waals surface area contributed by atoms with Crippen molar-refractivity contribution in [2.75, 3.05) is 19.6 Å². The lowest BCUT2D eigenvalue weighted by Crippen LogP contribution is -2.53. The molecule has 0 aromatic carbocycles. The van der Waals surface area contributed by atoms with Crippen molar-refractivity contribution in [3.8, 4) is 6.07 Å². The van der Waals surface area contributed by atoms with E-state index < -0.39 is 18.3 Å². The standard InChI is InChI=1S/C12H20F3N3/c1-3-6-18(9-12(13,14)15)8-11(2,7-16)17-10-4-5-10/h10,17H,3-6,8-9H2,1-2H3. The van der Waals surface area contributed by atoms with Gasteiger partial charge in [-0.2, -0.15) is 18.4 Å². The number of alkyl halides is 3. The normalized spacial score (nSPS) is 19.6. The molecule has 104 valence electrons. The van der Waals surface area contributed by atoms with Crippen LogP contribution in [0, 0.1) is 11.3 Å². The van der Waals surface area contributed by atoms with E-state index in [1.54, 1.807) is 6.92 Å². The van der Waals surface area contributed by atoms with E-state index in [1.165, 1.54) is 4.90 Å². The van der Waals surface area contributed by atoms with Crippen LogP contribution < -0.4 is 5.32 Å². The van der Waals surface area contributed by atoms with Crippen molar-refractivity contribution in [2.45, 2.75) is 50.9 Å². The molecule has 1 aliphatic rings. The second-order valence-corrected chi connectivity index (χ2v) is 5.19. The minimum absolute atomic E-state index is 0.105. The molecule has 0 aromatic rings. The van der Waals surface area contributed by atoms with Crippen molar-refractivity contribution in [2.24, 2.45) is 0 Å². The molecule has 0 heterocycles. The first-order chi connectivity index (χ1) is 8.28. The third kappa shape index (κ3) is 5.69. The molecular weight excluding hydrogens is 243 g/mol. The largest absolute Gasteiger partial charge is 0.401 e. The molecule has 1 rings (SSSR count). The zero-order chi connectivity index (χ0) is 13.8. The number of halogens is 3. The first kappa shape index (κ1) is 15.3. The van der Waals surface area contributed by atoms with Crippen molar-refractivity contribution in [3.63, 3.8) is 0 Å². The van der Waals surface area contributed by atoms with Crippen LogP contribution in [0.2, 0.25) is 0 Å². The highest BCUT2D eigenvalue weighted by Gasteiger charge is 2.37. The van der Waals surface area contributed by atoms with Gasteiger partial charge in [-0.25, -0.2) is 0 Å². The van der Waals surface area contributed by atoms with Gasteiger partial charge in [0.05, 0.1) is 12.6 Å². The Morgan fingerprint density at radius 1 is 1.33 bits per heavy atom. The van der Waals surface area contributed by atoms with E-state index in [0.29, 0.717) is 19.0 Å². The second-order valence-electron chi connectivity index (χ2n) is 5.19. The summed E-state index contributed by atoms with van der Waals surface area (Å²) in [4.78, 5) is 1.30. The summed E-state index contributed by atoms with van der Waals surface area (Å²) in [6.07, 6.45) is -1.57. The summed E-state index contributed by atoms with van der Waals surface area (Å²) in [6, 6.07) is 2.40.